The molecule has 1 amide bonds. The van der Waals surface area contributed by atoms with Crippen LogP contribution in [0.5, 0.6) is 0 Å². The summed E-state index contributed by atoms with van der Waals surface area (Å²) in [6, 6.07) is 25.6. The molecule has 5 nitrogen and oxygen atoms in total. The standard InChI is InChI=1S/C26H25N3O2S/c1-28(19-20-10-12-22(13-11-20)29-14-16-31-17-15-29)26(30)23-7-3-5-9-25(23)32-24-8-4-2-6-21(24)18-27/h2-13H,14-17,19H2,1H3. The van der Waals surface area contributed by atoms with Gasteiger partial charge < -0.3 is 14.5 Å². The van der Waals surface area contributed by atoms with Gasteiger partial charge in [0.25, 0.3) is 5.91 Å². The summed E-state index contributed by atoms with van der Waals surface area (Å²) >= 11 is 1.45. The summed E-state index contributed by atoms with van der Waals surface area (Å²) in [6.07, 6.45) is 0. The topological polar surface area (TPSA) is 56.6 Å². The molecule has 0 bridgehead atoms. The number of ether oxygens (including phenoxy) is 1. The summed E-state index contributed by atoms with van der Waals surface area (Å²) in [5.41, 5.74) is 3.51. The number of morpholine rings is 1. The van der Waals surface area contributed by atoms with Crippen LogP contribution in [0.4, 0.5) is 5.69 Å². The molecule has 1 aliphatic heterocycles. The first-order valence-corrected chi connectivity index (χ1v) is 11.4. The number of anilines is 1. The maximum absolute atomic E-state index is 13.3. The molecule has 0 saturated carbocycles. The van der Waals surface area contributed by atoms with Gasteiger partial charge in [-0.1, -0.05) is 48.2 Å². The van der Waals surface area contributed by atoms with E-state index in [4.69, 9.17) is 4.74 Å². The van der Waals surface area contributed by atoms with E-state index in [0.29, 0.717) is 17.7 Å². The van der Waals surface area contributed by atoms with Crippen molar-refractivity contribution in [3.05, 3.63) is 89.5 Å². The summed E-state index contributed by atoms with van der Waals surface area (Å²) in [5.74, 6) is -0.0419. The summed E-state index contributed by atoms with van der Waals surface area (Å²) in [6.45, 7) is 3.85. The molecule has 0 radical (unpaired) electrons. The van der Waals surface area contributed by atoms with Crippen molar-refractivity contribution >= 4 is 23.4 Å². The summed E-state index contributed by atoms with van der Waals surface area (Å²) < 4.78 is 5.42. The molecule has 6 heteroatoms. The van der Waals surface area contributed by atoms with Crippen LogP contribution in [0, 0.1) is 11.3 Å². The van der Waals surface area contributed by atoms with Gasteiger partial charge in [0.2, 0.25) is 0 Å². The van der Waals surface area contributed by atoms with E-state index in [1.54, 1.807) is 11.0 Å². The lowest BCUT2D eigenvalue weighted by atomic mass is 10.1. The zero-order valence-corrected chi connectivity index (χ0v) is 18.8. The fourth-order valence-corrected chi connectivity index (χ4v) is 4.70. The van der Waals surface area contributed by atoms with Crippen LogP contribution in [0.2, 0.25) is 0 Å². The normalized spacial score (nSPS) is 13.4. The van der Waals surface area contributed by atoms with Crippen LogP contribution in [-0.4, -0.2) is 44.2 Å². The van der Waals surface area contributed by atoms with Gasteiger partial charge >= 0.3 is 0 Å². The van der Waals surface area contributed by atoms with Crippen LogP contribution in [0.1, 0.15) is 21.5 Å². The molecule has 1 fully saturated rings. The third-order valence-electron chi connectivity index (χ3n) is 5.42. The predicted molar refractivity (Wildman–Crippen MR) is 127 cm³/mol. The van der Waals surface area contributed by atoms with Crippen LogP contribution >= 0.6 is 11.8 Å². The number of nitrogens with zero attached hydrogens (tertiary/aromatic N) is 3. The highest BCUT2D eigenvalue weighted by Gasteiger charge is 2.18. The van der Waals surface area contributed by atoms with E-state index in [1.807, 2.05) is 49.5 Å². The smallest absolute Gasteiger partial charge is 0.255 e. The monoisotopic (exact) mass is 443 g/mol. The van der Waals surface area contributed by atoms with Gasteiger partial charge in [-0.15, -0.1) is 0 Å². The van der Waals surface area contributed by atoms with E-state index in [9.17, 15) is 10.1 Å². The highest BCUT2D eigenvalue weighted by molar-refractivity contribution is 7.99. The van der Waals surface area contributed by atoms with Gasteiger partial charge in [-0.05, 0) is 42.0 Å². The molecule has 3 aromatic rings. The molecule has 1 heterocycles. The number of carbonyl (C=O) groups excluding carboxylic acids is 1. The fourth-order valence-electron chi connectivity index (χ4n) is 3.68. The Morgan fingerprint density at radius 3 is 2.38 bits per heavy atom. The van der Waals surface area contributed by atoms with Crippen LogP contribution < -0.4 is 4.90 Å². The van der Waals surface area contributed by atoms with E-state index in [1.165, 1.54) is 17.4 Å². The minimum absolute atomic E-state index is 0.0419. The van der Waals surface area contributed by atoms with E-state index in [0.717, 1.165) is 41.7 Å². The molecule has 162 valence electrons. The van der Waals surface area contributed by atoms with Crippen molar-refractivity contribution in [3.8, 4) is 6.07 Å². The van der Waals surface area contributed by atoms with Crippen LogP contribution in [-0.2, 0) is 11.3 Å². The number of rotatable bonds is 6. The molecule has 1 aliphatic rings. The molecule has 3 aromatic carbocycles. The average molecular weight is 444 g/mol. The highest BCUT2D eigenvalue weighted by atomic mass is 32.2. The molecular weight excluding hydrogens is 418 g/mol. The Hall–Kier alpha value is -3.27. The molecule has 32 heavy (non-hydrogen) atoms. The quantitative estimate of drug-likeness (QED) is 0.547. The zero-order chi connectivity index (χ0) is 22.3. The molecule has 4 rings (SSSR count). The Kier molecular flexibility index (Phi) is 7.10. The molecule has 0 atom stereocenters. The van der Waals surface area contributed by atoms with Gasteiger partial charge in [-0.2, -0.15) is 5.26 Å². The van der Waals surface area contributed by atoms with Crippen LogP contribution in [0.25, 0.3) is 0 Å². The molecule has 0 aliphatic carbocycles. The van der Waals surface area contributed by atoms with E-state index < -0.39 is 0 Å². The first-order chi connectivity index (χ1) is 15.7. The van der Waals surface area contributed by atoms with Crippen molar-refractivity contribution in [1.29, 1.82) is 5.26 Å². The van der Waals surface area contributed by atoms with Crippen molar-refractivity contribution < 1.29 is 9.53 Å². The van der Waals surface area contributed by atoms with Gasteiger partial charge in [-0.3, -0.25) is 4.79 Å². The maximum atomic E-state index is 13.3. The minimum atomic E-state index is -0.0419. The van der Waals surface area contributed by atoms with Crippen LogP contribution in [0.15, 0.2) is 82.6 Å². The Bertz CT molecular complexity index is 1120. The van der Waals surface area contributed by atoms with E-state index in [2.05, 4.69) is 35.2 Å². The largest absolute Gasteiger partial charge is 0.378 e. The summed E-state index contributed by atoms with van der Waals surface area (Å²) in [4.78, 5) is 19.0. The Labute approximate surface area is 193 Å². The molecular formula is C26H25N3O2S. The molecule has 1 saturated heterocycles. The molecule has 0 aromatic heterocycles. The van der Waals surface area contributed by atoms with Crippen molar-refractivity contribution in [2.24, 2.45) is 0 Å². The molecule has 0 spiro atoms. The average Bonchev–Trinajstić information content (AvgIpc) is 2.85. The first kappa shape index (κ1) is 21.9. The summed E-state index contributed by atoms with van der Waals surface area (Å²) in [5, 5.41) is 9.38. The van der Waals surface area contributed by atoms with Crippen molar-refractivity contribution in [1.82, 2.24) is 4.90 Å². The van der Waals surface area contributed by atoms with E-state index >= 15 is 0 Å². The second-order valence-electron chi connectivity index (χ2n) is 7.63. The van der Waals surface area contributed by atoms with Gasteiger partial charge in [-0.25, -0.2) is 0 Å². The van der Waals surface area contributed by atoms with Crippen LogP contribution in [0.3, 0.4) is 0 Å². The lowest BCUT2D eigenvalue weighted by Crippen LogP contribution is -2.36. The minimum Gasteiger partial charge on any atom is -0.378 e. The lowest BCUT2D eigenvalue weighted by molar-refractivity contribution is 0.0781. The van der Waals surface area contributed by atoms with Crippen molar-refractivity contribution in [3.63, 3.8) is 0 Å². The summed E-state index contributed by atoms with van der Waals surface area (Å²) in [7, 11) is 1.82. The zero-order valence-electron chi connectivity index (χ0n) is 18.0. The number of benzene rings is 3. The molecule has 0 N–H and O–H groups in total. The van der Waals surface area contributed by atoms with Gasteiger partial charge in [0.05, 0.1) is 24.3 Å². The number of nitriles is 1. The fraction of sp³-hybridized carbons (Fsp3) is 0.231. The van der Waals surface area contributed by atoms with Gasteiger partial charge in [0.15, 0.2) is 0 Å². The SMILES string of the molecule is CN(Cc1ccc(N2CCOCC2)cc1)C(=O)c1ccccc1Sc1ccccc1C#N. The number of hydrogen-bond donors (Lipinski definition) is 0. The maximum Gasteiger partial charge on any atom is 0.255 e. The second-order valence-corrected chi connectivity index (χ2v) is 8.72. The Morgan fingerprint density at radius 1 is 1.00 bits per heavy atom. The lowest BCUT2D eigenvalue weighted by Gasteiger charge is -2.29. The number of amides is 1. The van der Waals surface area contributed by atoms with Gasteiger partial charge in [0, 0.05) is 42.2 Å². The molecule has 0 unspecified atom stereocenters. The van der Waals surface area contributed by atoms with E-state index in [-0.39, 0.29) is 5.91 Å². The Balaban J connectivity index is 1.47. The predicted octanol–water partition coefficient (Wildman–Crippen LogP) is 4.82. The highest BCUT2D eigenvalue weighted by Crippen LogP contribution is 2.33. The number of carbonyl (C=O) groups is 1. The third kappa shape index (κ3) is 5.13. The Morgan fingerprint density at radius 2 is 1.66 bits per heavy atom. The second kappa shape index (κ2) is 10.4. The number of hydrogen-bond acceptors (Lipinski definition) is 5. The van der Waals surface area contributed by atoms with Gasteiger partial charge in [0.1, 0.15) is 6.07 Å². The third-order valence-corrected chi connectivity index (χ3v) is 6.58. The van der Waals surface area contributed by atoms with Crippen molar-refractivity contribution in [2.75, 3.05) is 38.3 Å². The first-order valence-electron chi connectivity index (χ1n) is 10.6. The van der Waals surface area contributed by atoms with Crippen molar-refractivity contribution in [2.45, 2.75) is 16.3 Å².